The molecule has 2 aliphatic rings. The third-order valence-corrected chi connectivity index (χ3v) is 6.41. The minimum atomic E-state index is -1.40. The number of aliphatic hydroxyl groups is 1. The van der Waals surface area contributed by atoms with Crippen molar-refractivity contribution in [3.8, 4) is 34.5 Å². The first-order valence-electron chi connectivity index (χ1n) is 12.0. The van der Waals surface area contributed by atoms with Gasteiger partial charge >= 0.3 is 0 Å². The second-order valence-electron chi connectivity index (χ2n) is 9.08. The molecule has 0 saturated carbocycles. The largest absolute Gasteiger partial charge is 0.508 e. The molecular formula is C30H24O9. The molecule has 198 valence electrons. The summed E-state index contributed by atoms with van der Waals surface area (Å²) in [5.41, 5.74) is 1.57. The minimum Gasteiger partial charge on any atom is -0.508 e. The summed E-state index contributed by atoms with van der Waals surface area (Å²) in [6.45, 7) is 0. The second kappa shape index (κ2) is 10.4. The highest BCUT2D eigenvalue weighted by atomic mass is 16.5. The van der Waals surface area contributed by atoms with Crippen molar-refractivity contribution >= 4 is 11.6 Å². The molecule has 1 unspecified atom stereocenters. The molecule has 2 aliphatic heterocycles. The number of rotatable bonds is 2. The number of phenols is 4. The van der Waals surface area contributed by atoms with E-state index in [0.29, 0.717) is 5.56 Å². The van der Waals surface area contributed by atoms with Gasteiger partial charge in [-0.1, -0.05) is 60.7 Å². The lowest BCUT2D eigenvalue weighted by atomic mass is 9.93. The molecule has 0 fully saturated rings. The number of hydrogen-bond donors (Lipinski definition) is 5. The first-order chi connectivity index (χ1) is 18.7. The lowest BCUT2D eigenvalue weighted by molar-refractivity contribution is 0.0211. The number of fused-ring (bicyclic) bond motifs is 2. The smallest absolute Gasteiger partial charge is 0.202 e. The highest BCUT2D eigenvalue weighted by Gasteiger charge is 2.39. The Morgan fingerprint density at radius 3 is 1.74 bits per heavy atom. The van der Waals surface area contributed by atoms with Crippen LogP contribution < -0.4 is 9.47 Å². The van der Waals surface area contributed by atoms with E-state index in [1.807, 2.05) is 36.4 Å². The number of hydrogen-bond acceptors (Lipinski definition) is 9. The van der Waals surface area contributed by atoms with E-state index in [2.05, 4.69) is 0 Å². The Hall–Kier alpha value is -5.02. The fourth-order valence-corrected chi connectivity index (χ4v) is 4.59. The van der Waals surface area contributed by atoms with Crippen LogP contribution in [0.15, 0.2) is 84.9 Å². The van der Waals surface area contributed by atoms with Crippen LogP contribution in [0.25, 0.3) is 0 Å². The predicted molar refractivity (Wildman–Crippen MR) is 138 cm³/mol. The van der Waals surface area contributed by atoms with E-state index in [9.17, 15) is 35.1 Å². The number of aliphatic hydroxyl groups excluding tert-OH is 1. The highest BCUT2D eigenvalue weighted by Crippen LogP contribution is 2.42. The Morgan fingerprint density at radius 2 is 1.15 bits per heavy atom. The SMILES string of the molecule is O=C1CC(c2ccccc2)Oc2cc(O)cc(O)c21.O=C1c2c(O)cc(O)cc2O[C@H](c2ccccc2)[C@H]1O. The summed E-state index contributed by atoms with van der Waals surface area (Å²) in [6.07, 6.45) is -2.48. The number of carbonyl (C=O) groups is 2. The van der Waals surface area contributed by atoms with E-state index in [1.165, 1.54) is 12.1 Å². The van der Waals surface area contributed by atoms with E-state index in [-0.39, 0.29) is 58.2 Å². The number of ketones is 2. The number of benzene rings is 4. The molecule has 0 bridgehead atoms. The van der Waals surface area contributed by atoms with Crippen LogP contribution in [0.4, 0.5) is 0 Å². The molecule has 9 heteroatoms. The molecule has 4 aromatic carbocycles. The van der Waals surface area contributed by atoms with Crippen LogP contribution in [0.3, 0.4) is 0 Å². The summed E-state index contributed by atoms with van der Waals surface area (Å²) in [7, 11) is 0. The van der Waals surface area contributed by atoms with Crippen LogP contribution in [0.5, 0.6) is 34.5 Å². The van der Waals surface area contributed by atoms with Gasteiger partial charge in [-0.2, -0.15) is 0 Å². The molecule has 2 heterocycles. The van der Waals surface area contributed by atoms with E-state index in [1.54, 1.807) is 24.3 Å². The van der Waals surface area contributed by atoms with E-state index < -0.39 is 23.7 Å². The standard InChI is InChI=1S/C15H12O5.C15H12O4/c16-9-6-10(17)12-11(7-9)20-15(14(19)13(12)18)8-4-2-1-3-5-8;16-10-6-11(17)15-12(18)8-13(19-14(15)7-10)9-4-2-1-3-5-9/h1-7,14-17,19H;1-7,13,16-17H,8H2/t14-,15+;/m0./s1. The van der Waals surface area contributed by atoms with Crippen molar-refractivity contribution in [1.82, 2.24) is 0 Å². The Morgan fingerprint density at radius 1 is 0.641 bits per heavy atom. The Labute approximate surface area is 222 Å². The molecule has 9 nitrogen and oxygen atoms in total. The van der Waals surface area contributed by atoms with E-state index in [4.69, 9.17) is 9.47 Å². The third kappa shape index (κ3) is 5.07. The summed E-state index contributed by atoms with van der Waals surface area (Å²) < 4.78 is 11.3. The second-order valence-corrected chi connectivity index (χ2v) is 9.08. The summed E-state index contributed by atoms with van der Waals surface area (Å²) >= 11 is 0. The molecule has 0 amide bonds. The summed E-state index contributed by atoms with van der Waals surface area (Å²) in [5.74, 6) is -1.52. The number of phenolic OH excluding ortho intramolecular Hbond substituents is 4. The van der Waals surface area contributed by atoms with Gasteiger partial charge in [0.1, 0.15) is 51.7 Å². The number of Topliss-reactive ketones (excluding diaryl/α,β-unsaturated/α-hetero) is 2. The highest BCUT2D eigenvalue weighted by molar-refractivity contribution is 6.05. The quantitative estimate of drug-likeness (QED) is 0.252. The molecule has 5 N–H and O–H groups in total. The monoisotopic (exact) mass is 528 g/mol. The summed E-state index contributed by atoms with van der Waals surface area (Å²) in [4.78, 5) is 24.2. The number of ether oxygens (including phenoxy) is 2. The number of aromatic hydroxyl groups is 4. The van der Waals surface area contributed by atoms with Crippen molar-refractivity contribution in [2.24, 2.45) is 0 Å². The third-order valence-electron chi connectivity index (χ3n) is 6.41. The van der Waals surface area contributed by atoms with Gasteiger partial charge in [-0.25, -0.2) is 0 Å². The fraction of sp³-hybridized carbons (Fsp3) is 0.133. The van der Waals surface area contributed by atoms with Crippen LogP contribution >= 0.6 is 0 Å². The normalized spacial score (nSPS) is 19.5. The van der Waals surface area contributed by atoms with Crippen molar-refractivity contribution in [1.29, 1.82) is 0 Å². The van der Waals surface area contributed by atoms with Crippen molar-refractivity contribution in [3.63, 3.8) is 0 Å². The zero-order valence-corrected chi connectivity index (χ0v) is 20.4. The van der Waals surface area contributed by atoms with Gasteiger partial charge in [0.2, 0.25) is 5.78 Å². The molecule has 0 saturated heterocycles. The Kier molecular flexibility index (Phi) is 6.83. The first-order valence-corrected chi connectivity index (χ1v) is 12.0. The molecule has 0 aliphatic carbocycles. The lowest BCUT2D eigenvalue weighted by Crippen LogP contribution is -2.36. The molecule has 0 spiro atoms. The van der Waals surface area contributed by atoms with Gasteiger partial charge in [-0.3, -0.25) is 9.59 Å². The zero-order valence-electron chi connectivity index (χ0n) is 20.4. The summed E-state index contributed by atoms with van der Waals surface area (Å²) in [6, 6.07) is 23.0. The van der Waals surface area contributed by atoms with Gasteiger partial charge in [0, 0.05) is 24.3 Å². The molecule has 4 aromatic rings. The zero-order chi connectivity index (χ0) is 27.7. The maximum atomic E-state index is 12.2. The van der Waals surface area contributed by atoms with Gasteiger partial charge in [-0.15, -0.1) is 0 Å². The lowest BCUT2D eigenvalue weighted by Gasteiger charge is -2.30. The summed E-state index contributed by atoms with van der Waals surface area (Å²) in [5, 5.41) is 48.4. The van der Waals surface area contributed by atoms with Gasteiger partial charge in [0.15, 0.2) is 18.0 Å². The molecule has 0 radical (unpaired) electrons. The van der Waals surface area contributed by atoms with E-state index >= 15 is 0 Å². The molecular weight excluding hydrogens is 504 g/mol. The topological polar surface area (TPSA) is 154 Å². The molecule has 6 rings (SSSR count). The van der Waals surface area contributed by atoms with Crippen molar-refractivity contribution in [2.45, 2.75) is 24.7 Å². The molecule has 0 aromatic heterocycles. The van der Waals surface area contributed by atoms with Gasteiger partial charge in [-0.05, 0) is 11.1 Å². The van der Waals surface area contributed by atoms with Crippen molar-refractivity contribution in [3.05, 3.63) is 107 Å². The fourth-order valence-electron chi connectivity index (χ4n) is 4.59. The maximum Gasteiger partial charge on any atom is 0.202 e. The van der Waals surface area contributed by atoms with Crippen LogP contribution in [0.2, 0.25) is 0 Å². The Bertz CT molecular complexity index is 1530. The van der Waals surface area contributed by atoms with Crippen LogP contribution in [-0.2, 0) is 0 Å². The minimum absolute atomic E-state index is 0.0617. The van der Waals surface area contributed by atoms with Gasteiger partial charge in [0.25, 0.3) is 0 Å². The molecule has 39 heavy (non-hydrogen) atoms. The maximum absolute atomic E-state index is 12.2. The first kappa shape index (κ1) is 25.6. The molecule has 3 atom stereocenters. The van der Waals surface area contributed by atoms with Gasteiger partial charge < -0.3 is 35.0 Å². The van der Waals surface area contributed by atoms with Crippen LogP contribution in [-0.4, -0.2) is 43.2 Å². The van der Waals surface area contributed by atoms with Crippen molar-refractivity contribution < 1.29 is 44.6 Å². The van der Waals surface area contributed by atoms with Crippen LogP contribution in [0, 0.1) is 0 Å². The van der Waals surface area contributed by atoms with Crippen LogP contribution in [0.1, 0.15) is 50.5 Å². The van der Waals surface area contributed by atoms with Crippen molar-refractivity contribution in [2.75, 3.05) is 0 Å². The van der Waals surface area contributed by atoms with E-state index in [0.717, 1.165) is 17.7 Å². The van der Waals surface area contributed by atoms with Gasteiger partial charge in [0.05, 0.1) is 6.42 Å². The number of carbonyl (C=O) groups excluding carboxylic acids is 2. The average Bonchev–Trinajstić information content (AvgIpc) is 2.91. The predicted octanol–water partition coefficient (Wildman–Crippen LogP) is 4.58. The Balaban J connectivity index is 0.000000158. The average molecular weight is 529 g/mol.